The van der Waals surface area contributed by atoms with Gasteiger partial charge in [0.15, 0.2) is 0 Å². The van der Waals surface area contributed by atoms with Crippen molar-refractivity contribution < 1.29 is 4.79 Å². The fourth-order valence-corrected chi connectivity index (χ4v) is 1.77. The van der Waals surface area contributed by atoms with E-state index in [0.717, 1.165) is 11.4 Å². The van der Waals surface area contributed by atoms with Gasteiger partial charge in [0.05, 0.1) is 12.2 Å². The fourth-order valence-electron chi connectivity index (χ4n) is 1.77. The van der Waals surface area contributed by atoms with Crippen LogP contribution in [0.15, 0.2) is 36.4 Å². The number of carbonyl (C=O) groups is 1. The maximum Gasteiger partial charge on any atom is 0.272 e. The number of hydrogen-bond acceptors (Lipinski definition) is 4. The molecule has 0 saturated carbocycles. The van der Waals surface area contributed by atoms with Crippen LogP contribution in [0, 0.1) is 6.92 Å². The molecule has 0 fully saturated rings. The van der Waals surface area contributed by atoms with Gasteiger partial charge in [-0.05, 0) is 31.2 Å². The molecular formula is C14H16N4O. The van der Waals surface area contributed by atoms with Crippen LogP contribution < -0.4 is 5.73 Å². The lowest BCUT2D eigenvalue weighted by Crippen LogP contribution is -2.27. The minimum absolute atomic E-state index is 0.171. The van der Waals surface area contributed by atoms with Crippen LogP contribution in [-0.4, -0.2) is 27.8 Å². The van der Waals surface area contributed by atoms with Crippen LogP contribution in [-0.2, 0) is 6.54 Å². The number of aryl methyl sites for hydroxylation is 1. The van der Waals surface area contributed by atoms with Crippen LogP contribution in [0.2, 0.25) is 0 Å². The number of rotatable bonds is 3. The molecular weight excluding hydrogens is 240 g/mol. The van der Waals surface area contributed by atoms with Gasteiger partial charge in [-0.25, -0.2) is 4.98 Å². The largest absolute Gasteiger partial charge is 0.384 e. The Morgan fingerprint density at radius 2 is 1.95 bits per heavy atom. The van der Waals surface area contributed by atoms with Crippen molar-refractivity contribution in [2.75, 3.05) is 12.8 Å². The van der Waals surface area contributed by atoms with Crippen LogP contribution in [0.3, 0.4) is 0 Å². The van der Waals surface area contributed by atoms with Crippen molar-refractivity contribution in [2.45, 2.75) is 13.5 Å². The maximum absolute atomic E-state index is 12.2. The number of hydrogen-bond donors (Lipinski definition) is 1. The molecule has 0 aliphatic carbocycles. The van der Waals surface area contributed by atoms with E-state index in [0.29, 0.717) is 18.1 Å². The summed E-state index contributed by atoms with van der Waals surface area (Å²) in [7, 11) is 1.72. The predicted octanol–water partition coefficient (Wildman–Crippen LogP) is 1.64. The lowest BCUT2D eigenvalue weighted by atomic mass is 10.2. The first kappa shape index (κ1) is 13.0. The van der Waals surface area contributed by atoms with Gasteiger partial charge in [-0.3, -0.25) is 9.78 Å². The molecule has 2 N–H and O–H groups in total. The minimum Gasteiger partial charge on any atom is -0.384 e. The van der Waals surface area contributed by atoms with E-state index in [1.165, 1.54) is 0 Å². The van der Waals surface area contributed by atoms with Gasteiger partial charge in [0, 0.05) is 12.7 Å². The average molecular weight is 256 g/mol. The molecule has 0 atom stereocenters. The minimum atomic E-state index is -0.171. The van der Waals surface area contributed by atoms with E-state index < -0.39 is 0 Å². The smallest absolute Gasteiger partial charge is 0.272 e. The molecule has 0 aliphatic rings. The Hall–Kier alpha value is -2.43. The first-order valence-electron chi connectivity index (χ1n) is 5.97. The highest BCUT2D eigenvalue weighted by Gasteiger charge is 2.14. The molecule has 2 heterocycles. The molecule has 2 rings (SSSR count). The van der Waals surface area contributed by atoms with Crippen molar-refractivity contribution in [1.82, 2.24) is 14.9 Å². The van der Waals surface area contributed by atoms with Crippen LogP contribution in [0.4, 0.5) is 5.82 Å². The third-order valence-electron chi connectivity index (χ3n) is 2.68. The Morgan fingerprint density at radius 3 is 2.63 bits per heavy atom. The van der Waals surface area contributed by atoms with Gasteiger partial charge in [-0.15, -0.1) is 0 Å². The van der Waals surface area contributed by atoms with Crippen molar-refractivity contribution in [3.8, 4) is 0 Å². The average Bonchev–Trinajstić information content (AvgIpc) is 2.38. The van der Waals surface area contributed by atoms with Crippen molar-refractivity contribution in [3.63, 3.8) is 0 Å². The summed E-state index contributed by atoms with van der Waals surface area (Å²) < 4.78 is 0. The summed E-state index contributed by atoms with van der Waals surface area (Å²) in [6.45, 7) is 2.36. The zero-order valence-corrected chi connectivity index (χ0v) is 11.0. The molecule has 19 heavy (non-hydrogen) atoms. The number of carbonyl (C=O) groups excluding carboxylic acids is 1. The molecule has 98 valence electrons. The van der Waals surface area contributed by atoms with Gasteiger partial charge in [-0.1, -0.05) is 12.1 Å². The fraction of sp³-hybridized carbons (Fsp3) is 0.214. The third-order valence-corrected chi connectivity index (χ3v) is 2.68. The van der Waals surface area contributed by atoms with Crippen molar-refractivity contribution in [1.29, 1.82) is 0 Å². The molecule has 0 unspecified atom stereocenters. The number of anilines is 1. The second-order valence-corrected chi connectivity index (χ2v) is 4.38. The van der Waals surface area contributed by atoms with E-state index in [1.807, 2.05) is 25.1 Å². The Morgan fingerprint density at radius 1 is 1.21 bits per heavy atom. The highest BCUT2D eigenvalue weighted by molar-refractivity contribution is 5.92. The standard InChI is InChI=1S/C14H16N4O/c1-10-5-3-6-11(16-10)9-18(2)14(19)12-7-4-8-13(15)17-12/h3-8H,9H2,1-2H3,(H2,15,17). The molecule has 0 radical (unpaired) electrons. The predicted molar refractivity (Wildman–Crippen MR) is 73.4 cm³/mol. The zero-order valence-electron chi connectivity index (χ0n) is 11.0. The van der Waals surface area contributed by atoms with Crippen LogP contribution in [0.25, 0.3) is 0 Å². The number of pyridine rings is 2. The topological polar surface area (TPSA) is 72.1 Å². The number of nitrogen functional groups attached to an aromatic ring is 1. The molecule has 0 saturated heterocycles. The number of nitrogens with zero attached hydrogens (tertiary/aromatic N) is 3. The number of aromatic nitrogens is 2. The molecule has 2 aromatic rings. The molecule has 0 aliphatic heterocycles. The Labute approximate surface area is 112 Å². The van der Waals surface area contributed by atoms with Gasteiger partial charge in [0.1, 0.15) is 11.5 Å². The van der Waals surface area contributed by atoms with E-state index in [4.69, 9.17) is 5.73 Å². The van der Waals surface area contributed by atoms with Crippen LogP contribution in [0.5, 0.6) is 0 Å². The summed E-state index contributed by atoms with van der Waals surface area (Å²) in [5.41, 5.74) is 7.70. The van der Waals surface area contributed by atoms with Gasteiger partial charge in [0.25, 0.3) is 5.91 Å². The summed E-state index contributed by atoms with van der Waals surface area (Å²) in [4.78, 5) is 22.1. The maximum atomic E-state index is 12.2. The molecule has 5 heteroatoms. The van der Waals surface area contributed by atoms with Gasteiger partial charge < -0.3 is 10.6 Å². The van der Waals surface area contributed by atoms with Gasteiger partial charge in [-0.2, -0.15) is 0 Å². The Balaban J connectivity index is 2.12. The quantitative estimate of drug-likeness (QED) is 0.906. The van der Waals surface area contributed by atoms with E-state index in [9.17, 15) is 4.79 Å². The summed E-state index contributed by atoms with van der Waals surface area (Å²) in [5.74, 6) is 0.170. The molecule has 5 nitrogen and oxygen atoms in total. The van der Waals surface area contributed by atoms with Gasteiger partial charge in [0.2, 0.25) is 0 Å². The molecule has 1 amide bonds. The summed E-state index contributed by atoms with van der Waals surface area (Å²) >= 11 is 0. The Kier molecular flexibility index (Phi) is 3.75. The van der Waals surface area contributed by atoms with Crippen molar-refractivity contribution in [2.24, 2.45) is 0 Å². The Bertz CT molecular complexity index is 598. The highest BCUT2D eigenvalue weighted by atomic mass is 16.2. The monoisotopic (exact) mass is 256 g/mol. The van der Waals surface area contributed by atoms with Crippen LogP contribution in [0.1, 0.15) is 21.9 Å². The highest BCUT2D eigenvalue weighted by Crippen LogP contribution is 2.07. The lowest BCUT2D eigenvalue weighted by molar-refractivity contribution is 0.0777. The van der Waals surface area contributed by atoms with E-state index >= 15 is 0 Å². The van der Waals surface area contributed by atoms with E-state index in [1.54, 1.807) is 30.1 Å². The summed E-state index contributed by atoms with van der Waals surface area (Å²) in [5, 5.41) is 0. The van der Waals surface area contributed by atoms with Crippen LogP contribution >= 0.6 is 0 Å². The van der Waals surface area contributed by atoms with E-state index in [-0.39, 0.29) is 5.91 Å². The van der Waals surface area contributed by atoms with E-state index in [2.05, 4.69) is 9.97 Å². The third kappa shape index (κ3) is 3.28. The van der Waals surface area contributed by atoms with Crippen molar-refractivity contribution >= 4 is 11.7 Å². The second kappa shape index (κ2) is 5.48. The molecule has 0 bridgehead atoms. The molecule has 0 aromatic carbocycles. The lowest BCUT2D eigenvalue weighted by Gasteiger charge is -2.16. The van der Waals surface area contributed by atoms with Gasteiger partial charge >= 0.3 is 0 Å². The first-order chi connectivity index (χ1) is 9.06. The number of amides is 1. The van der Waals surface area contributed by atoms with Crippen molar-refractivity contribution in [3.05, 3.63) is 53.5 Å². The normalized spacial score (nSPS) is 10.2. The SMILES string of the molecule is Cc1cccc(CN(C)C(=O)c2cccc(N)n2)n1. The first-order valence-corrected chi connectivity index (χ1v) is 5.97. The number of nitrogens with two attached hydrogens (primary N) is 1. The second-order valence-electron chi connectivity index (χ2n) is 4.38. The summed E-state index contributed by atoms with van der Waals surface area (Å²) in [6, 6.07) is 10.8. The summed E-state index contributed by atoms with van der Waals surface area (Å²) in [6.07, 6.45) is 0. The molecule has 2 aromatic heterocycles. The molecule has 0 spiro atoms. The zero-order chi connectivity index (χ0) is 13.8.